The van der Waals surface area contributed by atoms with Crippen LogP contribution in [-0.2, 0) is 19.1 Å². The molecule has 1 spiro atoms. The van der Waals surface area contributed by atoms with Crippen molar-refractivity contribution >= 4 is 23.4 Å². The monoisotopic (exact) mass is 643 g/mol. The SMILES string of the molecule is C=CCN(CCCC)C(=O)C1N([C@H](CO)c2ccccc2)C(=O)[C@@H]2[C@@H](C(=O)N(CC=C)c3ccc(OCC)cc3)[C@]3(C)OC12CC3C. The Labute approximate surface area is 278 Å². The molecule has 0 aromatic heterocycles. The normalized spacial score (nSPS) is 28.1. The van der Waals surface area contributed by atoms with Crippen molar-refractivity contribution < 1.29 is 29.0 Å². The summed E-state index contributed by atoms with van der Waals surface area (Å²) in [5.74, 6) is -2.09. The van der Waals surface area contributed by atoms with Crippen LogP contribution in [0.2, 0.25) is 0 Å². The van der Waals surface area contributed by atoms with Crippen molar-refractivity contribution in [2.75, 3.05) is 37.7 Å². The van der Waals surface area contributed by atoms with Crippen LogP contribution in [0.5, 0.6) is 5.75 Å². The van der Waals surface area contributed by atoms with Crippen LogP contribution in [0.4, 0.5) is 5.69 Å². The fraction of sp³-hybridized carbons (Fsp3) is 0.500. The van der Waals surface area contributed by atoms with Crippen LogP contribution in [-0.4, -0.2) is 82.7 Å². The van der Waals surface area contributed by atoms with Crippen LogP contribution in [0.25, 0.3) is 0 Å². The van der Waals surface area contributed by atoms with Crippen LogP contribution in [0.15, 0.2) is 79.9 Å². The van der Waals surface area contributed by atoms with Gasteiger partial charge in [-0.2, -0.15) is 0 Å². The van der Waals surface area contributed by atoms with Gasteiger partial charge in [0.1, 0.15) is 17.4 Å². The third kappa shape index (κ3) is 5.78. The average molecular weight is 644 g/mol. The Morgan fingerprint density at radius 3 is 2.36 bits per heavy atom. The number of benzene rings is 2. The second kappa shape index (κ2) is 14.0. The lowest BCUT2D eigenvalue weighted by molar-refractivity contribution is -0.155. The van der Waals surface area contributed by atoms with E-state index in [9.17, 15) is 19.5 Å². The molecule has 0 saturated carbocycles. The summed E-state index contributed by atoms with van der Waals surface area (Å²) >= 11 is 0. The molecule has 7 atom stereocenters. The van der Waals surface area contributed by atoms with Crippen molar-refractivity contribution in [3.8, 4) is 5.75 Å². The number of likely N-dealkylation sites (tertiary alicyclic amines) is 1. The van der Waals surface area contributed by atoms with Crippen molar-refractivity contribution in [2.45, 2.75) is 70.2 Å². The zero-order valence-electron chi connectivity index (χ0n) is 28.1. The number of hydrogen-bond acceptors (Lipinski definition) is 6. The van der Waals surface area contributed by atoms with E-state index in [1.807, 2.05) is 75.4 Å². The molecule has 9 nitrogen and oxygen atoms in total. The summed E-state index contributed by atoms with van der Waals surface area (Å²) < 4.78 is 12.6. The molecule has 3 heterocycles. The van der Waals surface area contributed by atoms with E-state index in [2.05, 4.69) is 20.1 Å². The first kappa shape index (κ1) is 34.4. The van der Waals surface area contributed by atoms with Crippen LogP contribution in [0.1, 0.15) is 58.6 Å². The molecule has 3 aliphatic heterocycles. The number of aliphatic hydroxyl groups is 1. The molecule has 2 aromatic carbocycles. The number of aliphatic hydroxyl groups excluding tert-OH is 1. The Balaban J connectivity index is 1.64. The standard InChI is InChI=1S/C38H49N3O6/c1-7-11-23-39(21-8-2)36(45)33-38-24-26(5)37(6,47-38)31(32(38)35(44)41(33)30(25-42)27-15-13-12-14-16-27)34(43)40(22-9-3)28-17-19-29(20-18-28)46-10-4/h8-9,12-20,26,30-33,42H,2-3,7,10-11,21-25H2,1,4-6H3/t26?,30-,31+,32+,33?,37-,38?/m1/s1. The molecule has 9 heteroatoms. The molecule has 3 aliphatic rings. The second-order valence-electron chi connectivity index (χ2n) is 13.1. The first-order valence-corrected chi connectivity index (χ1v) is 16.9. The highest BCUT2D eigenvalue weighted by Crippen LogP contribution is 2.66. The minimum Gasteiger partial charge on any atom is -0.494 e. The molecule has 3 amide bonds. The highest BCUT2D eigenvalue weighted by atomic mass is 16.5. The fourth-order valence-corrected chi connectivity index (χ4v) is 8.18. The van der Waals surface area contributed by atoms with Crippen molar-refractivity contribution in [3.05, 3.63) is 85.5 Å². The predicted molar refractivity (Wildman–Crippen MR) is 182 cm³/mol. The Kier molecular flexibility index (Phi) is 10.3. The van der Waals surface area contributed by atoms with Gasteiger partial charge in [0, 0.05) is 25.3 Å². The molecule has 47 heavy (non-hydrogen) atoms. The molecule has 3 fully saturated rings. The Morgan fingerprint density at radius 1 is 1.09 bits per heavy atom. The van der Waals surface area contributed by atoms with E-state index in [-0.39, 0.29) is 36.8 Å². The largest absolute Gasteiger partial charge is 0.494 e. The predicted octanol–water partition coefficient (Wildman–Crippen LogP) is 5.16. The first-order valence-electron chi connectivity index (χ1n) is 16.9. The third-order valence-corrected chi connectivity index (χ3v) is 10.4. The molecular formula is C38H49N3O6. The van der Waals surface area contributed by atoms with E-state index < -0.39 is 35.1 Å². The van der Waals surface area contributed by atoms with Crippen molar-refractivity contribution in [2.24, 2.45) is 17.8 Å². The molecule has 0 aliphatic carbocycles. The third-order valence-electron chi connectivity index (χ3n) is 10.4. The molecule has 2 bridgehead atoms. The number of anilines is 1. The topological polar surface area (TPSA) is 99.6 Å². The number of fused-ring (bicyclic) bond motifs is 1. The number of nitrogens with zero attached hydrogens (tertiary/aromatic N) is 3. The minimum absolute atomic E-state index is 0.130. The fourth-order valence-electron chi connectivity index (χ4n) is 8.18. The van der Waals surface area contributed by atoms with Crippen LogP contribution in [0.3, 0.4) is 0 Å². The minimum atomic E-state index is -1.25. The van der Waals surface area contributed by atoms with Gasteiger partial charge >= 0.3 is 0 Å². The summed E-state index contributed by atoms with van der Waals surface area (Å²) in [6.07, 6.45) is 5.46. The number of amides is 3. The summed E-state index contributed by atoms with van der Waals surface area (Å²) in [6.45, 7) is 16.9. The smallest absolute Gasteiger partial charge is 0.248 e. The summed E-state index contributed by atoms with van der Waals surface area (Å²) in [5, 5.41) is 10.8. The van der Waals surface area contributed by atoms with Gasteiger partial charge in [0.05, 0.1) is 36.7 Å². The maximum Gasteiger partial charge on any atom is 0.248 e. The lowest BCUT2D eigenvalue weighted by Gasteiger charge is -2.39. The summed E-state index contributed by atoms with van der Waals surface area (Å²) in [4.78, 5) is 49.6. The van der Waals surface area contributed by atoms with Gasteiger partial charge < -0.3 is 29.3 Å². The molecular weight excluding hydrogens is 594 g/mol. The molecule has 252 valence electrons. The Bertz CT molecular complexity index is 1460. The van der Waals surface area contributed by atoms with E-state index in [1.54, 1.807) is 22.0 Å². The van der Waals surface area contributed by atoms with Gasteiger partial charge in [-0.05, 0) is 62.4 Å². The van der Waals surface area contributed by atoms with Gasteiger partial charge in [-0.25, -0.2) is 0 Å². The molecule has 1 N–H and O–H groups in total. The highest BCUT2D eigenvalue weighted by molar-refractivity contribution is 6.03. The van der Waals surface area contributed by atoms with Gasteiger partial charge in [-0.15, -0.1) is 13.2 Å². The lowest BCUT2D eigenvalue weighted by atomic mass is 9.62. The lowest BCUT2D eigenvalue weighted by Crippen LogP contribution is -2.57. The van der Waals surface area contributed by atoms with Gasteiger partial charge in [-0.1, -0.05) is 62.8 Å². The number of ether oxygens (including phenoxy) is 2. The van der Waals surface area contributed by atoms with Gasteiger partial charge in [0.15, 0.2) is 0 Å². The van der Waals surface area contributed by atoms with E-state index in [4.69, 9.17) is 9.47 Å². The molecule has 3 saturated heterocycles. The van der Waals surface area contributed by atoms with E-state index in [0.717, 1.165) is 12.8 Å². The molecule has 2 aromatic rings. The average Bonchev–Trinajstić information content (AvgIpc) is 3.59. The van der Waals surface area contributed by atoms with Crippen molar-refractivity contribution in [1.82, 2.24) is 9.80 Å². The number of carbonyl (C=O) groups is 3. The first-order chi connectivity index (χ1) is 22.6. The maximum absolute atomic E-state index is 15.0. The summed E-state index contributed by atoms with van der Waals surface area (Å²) in [7, 11) is 0. The van der Waals surface area contributed by atoms with Crippen LogP contribution in [0, 0.1) is 17.8 Å². The Morgan fingerprint density at radius 2 is 1.77 bits per heavy atom. The molecule has 0 radical (unpaired) electrons. The summed E-state index contributed by atoms with van der Waals surface area (Å²) in [6, 6.07) is 14.7. The van der Waals surface area contributed by atoms with Crippen molar-refractivity contribution in [1.29, 1.82) is 0 Å². The van der Waals surface area contributed by atoms with Crippen LogP contribution >= 0.6 is 0 Å². The number of unbranched alkanes of at least 4 members (excludes halogenated alkanes) is 1. The Hall–Kier alpha value is -3.95. The van der Waals surface area contributed by atoms with Gasteiger partial charge in [0.25, 0.3) is 0 Å². The number of carbonyl (C=O) groups excluding carboxylic acids is 3. The molecule has 5 rings (SSSR count). The zero-order valence-corrected chi connectivity index (χ0v) is 28.1. The number of rotatable bonds is 15. The van der Waals surface area contributed by atoms with Gasteiger partial charge in [0.2, 0.25) is 17.7 Å². The van der Waals surface area contributed by atoms with Crippen LogP contribution < -0.4 is 9.64 Å². The zero-order chi connectivity index (χ0) is 33.9. The summed E-state index contributed by atoms with van der Waals surface area (Å²) in [5.41, 5.74) is -0.896. The second-order valence-corrected chi connectivity index (χ2v) is 13.1. The quantitative estimate of drug-likeness (QED) is 0.269. The molecule has 3 unspecified atom stereocenters. The van der Waals surface area contributed by atoms with Crippen molar-refractivity contribution in [3.63, 3.8) is 0 Å². The highest BCUT2D eigenvalue weighted by Gasteiger charge is 2.80. The van der Waals surface area contributed by atoms with E-state index >= 15 is 0 Å². The van der Waals surface area contributed by atoms with E-state index in [0.29, 0.717) is 43.1 Å². The number of hydrogen-bond donors (Lipinski definition) is 1. The maximum atomic E-state index is 15.0. The van der Waals surface area contributed by atoms with Gasteiger partial charge in [-0.3, -0.25) is 14.4 Å². The van der Waals surface area contributed by atoms with E-state index in [1.165, 1.54) is 4.90 Å².